The minimum absolute atomic E-state index is 0.981. The molecule has 0 radical (unpaired) electrons. The van der Waals surface area contributed by atoms with Crippen molar-refractivity contribution in [2.75, 3.05) is 6.67 Å². The van der Waals surface area contributed by atoms with Gasteiger partial charge in [-0.1, -0.05) is 18.2 Å². The van der Waals surface area contributed by atoms with Gasteiger partial charge in [-0.2, -0.15) is 5.26 Å². The third kappa shape index (κ3) is 1.16. The summed E-state index contributed by atoms with van der Waals surface area (Å²) in [6, 6.07) is 1.63. The molecule has 0 spiro atoms. The third-order valence-corrected chi connectivity index (χ3v) is 1.71. The van der Waals surface area contributed by atoms with Gasteiger partial charge in [0.1, 0.15) is 18.3 Å². The van der Waals surface area contributed by atoms with Crippen molar-refractivity contribution in [3.05, 3.63) is 24.3 Å². The van der Waals surface area contributed by atoms with Gasteiger partial charge >= 0.3 is 0 Å². The number of halogens is 2. The molecule has 2 atom stereocenters. The van der Waals surface area contributed by atoms with E-state index in [0.717, 1.165) is 0 Å². The van der Waals surface area contributed by atoms with Crippen LogP contribution >= 0.6 is 0 Å². The van der Waals surface area contributed by atoms with E-state index in [-0.39, 0.29) is 0 Å². The van der Waals surface area contributed by atoms with Crippen LogP contribution in [-0.4, -0.2) is 12.8 Å². The summed E-state index contributed by atoms with van der Waals surface area (Å²) in [7, 11) is 0. The standard InChI is InChI=1S/C8H7F2N/c9-5-8(6-11)4-2-1-3-7(8)10/h1-4,7H,5H2. The van der Waals surface area contributed by atoms with Crippen LogP contribution in [0.25, 0.3) is 0 Å². The van der Waals surface area contributed by atoms with Gasteiger partial charge in [-0.3, -0.25) is 0 Å². The molecule has 2 unspecified atom stereocenters. The van der Waals surface area contributed by atoms with Crippen molar-refractivity contribution < 1.29 is 8.78 Å². The average molecular weight is 155 g/mol. The smallest absolute Gasteiger partial charge is 0.143 e. The van der Waals surface area contributed by atoms with Crippen molar-refractivity contribution in [3.8, 4) is 6.07 Å². The minimum atomic E-state index is -1.57. The number of hydrogen-bond donors (Lipinski definition) is 0. The predicted octanol–water partition coefficient (Wildman–Crippen LogP) is 1.93. The summed E-state index contributed by atoms with van der Waals surface area (Å²) in [6.07, 6.45) is 3.87. The molecule has 3 heteroatoms. The molecule has 0 aliphatic heterocycles. The van der Waals surface area contributed by atoms with Gasteiger partial charge in [0, 0.05) is 0 Å². The van der Waals surface area contributed by atoms with Gasteiger partial charge in [0.15, 0.2) is 0 Å². The lowest BCUT2D eigenvalue weighted by atomic mass is 9.83. The Morgan fingerprint density at radius 2 is 2.27 bits per heavy atom. The number of rotatable bonds is 1. The summed E-state index contributed by atoms with van der Waals surface area (Å²) in [6.45, 7) is -0.981. The Balaban J connectivity index is 2.94. The Labute approximate surface area is 63.6 Å². The van der Waals surface area contributed by atoms with Crippen LogP contribution in [0.1, 0.15) is 0 Å². The van der Waals surface area contributed by atoms with Crippen molar-refractivity contribution in [2.24, 2.45) is 5.41 Å². The Morgan fingerprint density at radius 3 is 2.64 bits per heavy atom. The fraction of sp³-hybridized carbons (Fsp3) is 0.375. The zero-order chi connectivity index (χ0) is 8.32. The van der Waals surface area contributed by atoms with Crippen LogP contribution in [0.15, 0.2) is 24.3 Å². The predicted molar refractivity (Wildman–Crippen MR) is 37.2 cm³/mol. The normalized spacial score (nSPS) is 35.2. The maximum absolute atomic E-state index is 12.9. The largest absolute Gasteiger partial charge is 0.249 e. The zero-order valence-corrected chi connectivity index (χ0v) is 5.80. The van der Waals surface area contributed by atoms with E-state index in [1.807, 2.05) is 0 Å². The zero-order valence-electron chi connectivity index (χ0n) is 5.80. The van der Waals surface area contributed by atoms with Crippen LogP contribution < -0.4 is 0 Å². The van der Waals surface area contributed by atoms with Crippen molar-refractivity contribution in [3.63, 3.8) is 0 Å². The summed E-state index contributed by atoms with van der Waals surface area (Å²) in [5, 5.41) is 8.50. The molecule has 0 saturated carbocycles. The van der Waals surface area contributed by atoms with Crippen LogP contribution in [0.5, 0.6) is 0 Å². The highest BCUT2D eigenvalue weighted by Gasteiger charge is 2.37. The van der Waals surface area contributed by atoms with Crippen molar-refractivity contribution in [1.82, 2.24) is 0 Å². The monoisotopic (exact) mass is 155 g/mol. The molecule has 0 aromatic heterocycles. The lowest BCUT2D eigenvalue weighted by Gasteiger charge is -2.22. The number of allylic oxidation sites excluding steroid dienone is 4. The molecule has 0 amide bonds. The summed E-state index contributed by atoms with van der Waals surface area (Å²) in [4.78, 5) is 0. The third-order valence-electron chi connectivity index (χ3n) is 1.71. The van der Waals surface area contributed by atoms with Gasteiger partial charge in [-0.25, -0.2) is 8.78 Å². The molecule has 11 heavy (non-hydrogen) atoms. The number of alkyl halides is 2. The first-order valence-electron chi connectivity index (χ1n) is 3.22. The maximum Gasteiger partial charge on any atom is 0.143 e. The molecule has 58 valence electrons. The second kappa shape index (κ2) is 2.83. The van der Waals surface area contributed by atoms with Crippen LogP contribution in [0.2, 0.25) is 0 Å². The molecule has 1 nitrogen and oxygen atoms in total. The quantitative estimate of drug-likeness (QED) is 0.567. The van der Waals surface area contributed by atoms with Gasteiger partial charge in [0.05, 0.1) is 6.07 Å². The maximum atomic E-state index is 12.9. The van der Waals surface area contributed by atoms with Gasteiger partial charge in [-0.15, -0.1) is 0 Å². The molecule has 1 aliphatic rings. The Bertz CT molecular complexity index is 239. The van der Waals surface area contributed by atoms with Gasteiger partial charge in [-0.05, 0) is 6.08 Å². The molecule has 0 aromatic rings. The summed E-state index contributed by atoms with van der Waals surface area (Å²) in [5.74, 6) is 0. The van der Waals surface area contributed by atoms with E-state index in [1.54, 1.807) is 6.07 Å². The molecule has 0 bridgehead atoms. The van der Waals surface area contributed by atoms with Crippen LogP contribution in [0, 0.1) is 16.7 Å². The number of nitrogens with zero attached hydrogens (tertiary/aromatic N) is 1. The minimum Gasteiger partial charge on any atom is -0.249 e. The molecule has 1 rings (SSSR count). The molecule has 0 saturated heterocycles. The van der Waals surface area contributed by atoms with Crippen molar-refractivity contribution in [1.29, 1.82) is 5.26 Å². The highest BCUT2D eigenvalue weighted by molar-refractivity contribution is 5.28. The fourth-order valence-corrected chi connectivity index (χ4v) is 0.900. The highest BCUT2D eigenvalue weighted by Crippen LogP contribution is 2.30. The molecule has 1 aliphatic carbocycles. The highest BCUT2D eigenvalue weighted by atomic mass is 19.1. The molecular weight excluding hydrogens is 148 g/mol. The SMILES string of the molecule is N#CC1(CF)C=CC=CC1F. The lowest BCUT2D eigenvalue weighted by molar-refractivity contribution is 0.208. The molecule has 0 heterocycles. The van der Waals surface area contributed by atoms with E-state index in [4.69, 9.17) is 5.26 Å². The summed E-state index contributed by atoms with van der Waals surface area (Å²) < 4.78 is 25.1. The van der Waals surface area contributed by atoms with E-state index < -0.39 is 18.3 Å². The van der Waals surface area contributed by atoms with Crippen molar-refractivity contribution in [2.45, 2.75) is 6.17 Å². The van der Waals surface area contributed by atoms with E-state index in [0.29, 0.717) is 0 Å². The van der Waals surface area contributed by atoms with Gasteiger partial charge in [0.25, 0.3) is 0 Å². The van der Waals surface area contributed by atoms with Crippen molar-refractivity contribution >= 4 is 0 Å². The van der Waals surface area contributed by atoms with Crippen LogP contribution in [-0.2, 0) is 0 Å². The first-order chi connectivity index (χ1) is 5.25. The molecule has 0 fully saturated rings. The molecule has 0 N–H and O–H groups in total. The number of hydrogen-bond acceptors (Lipinski definition) is 1. The van der Waals surface area contributed by atoms with E-state index >= 15 is 0 Å². The van der Waals surface area contributed by atoms with E-state index in [1.165, 1.54) is 24.3 Å². The van der Waals surface area contributed by atoms with Crippen LogP contribution in [0.3, 0.4) is 0 Å². The first kappa shape index (κ1) is 7.93. The van der Waals surface area contributed by atoms with Gasteiger partial charge < -0.3 is 0 Å². The second-order valence-electron chi connectivity index (χ2n) is 2.43. The second-order valence-corrected chi connectivity index (χ2v) is 2.43. The molecule has 0 aromatic carbocycles. The summed E-state index contributed by atoms with van der Waals surface area (Å²) >= 11 is 0. The molecular formula is C8H7F2N. The van der Waals surface area contributed by atoms with E-state index in [9.17, 15) is 8.78 Å². The van der Waals surface area contributed by atoms with Crippen LogP contribution in [0.4, 0.5) is 8.78 Å². The lowest BCUT2D eigenvalue weighted by Crippen LogP contribution is -2.30. The Morgan fingerprint density at radius 1 is 1.55 bits per heavy atom. The Hall–Kier alpha value is -1.17. The fourth-order valence-electron chi connectivity index (χ4n) is 0.900. The van der Waals surface area contributed by atoms with Gasteiger partial charge in [0.2, 0.25) is 0 Å². The first-order valence-corrected chi connectivity index (χ1v) is 3.22. The average Bonchev–Trinajstić information content (AvgIpc) is 2.06. The number of nitriles is 1. The summed E-state index contributed by atoms with van der Waals surface area (Å²) in [5.41, 5.74) is -1.57. The van der Waals surface area contributed by atoms with E-state index in [2.05, 4.69) is 0 Å². The topological polar surface area (TPSA) is 23.8 Å². The Kier molecular flexibility index (Phi) is 2.04.